The van der Waals surface area contributed by atoms with Gasteiger partial charge in [-0.25, -0.2) is 4.79 Å². The first kappa shape index (κ1) is 22.7. The number of nitro groups is 1. The van der Waals surface area contributed by atoms with Gasteiger partial charge in [-0.05, 0) is 36.6 Å². The van der Waals surface area contributed by atoms with Crippen LogP contribution in [-0.2, 0) is 21.5 Å². The summed E-state index contributed by atoms with van der Waals surface area (Å²) in [5, 5.41) is 16.3. The Labute approximate surface area is 184 Å². The fourth-order valence-electron chi connectivity index (χ4n) is 3.56. The second kappa shape index (κ2) is 9.04. The maximum absolute atomic E-state index is 13.0. The van der Waals surface area contributed by atoms with E-state index in [-0.39, 0.29) is 17.1 Å². The number of amides is 4. The lowest BCUT2D eigenvalue weighted by atomic mass is 9.91. The third-order valence-corrected chi connectivity index (χ3v) is 5.32. The van der Waals surface area contributed by atoms with E-state index < -0.39 is 34.9 Å². The summed E-state index contributed by atoms with van der Waals surface area (Å²) in [5.74, 6) is -1.07. The van der Waals surface area contributed by atoms with Crippen LogP contribution in [0, 0.1) is 10.1 Å². The van der Waals surface area contributed by atoms with Gasteiger partial charge >= 0.3 is 6.03 Å². The minimum Gasteiger partial charge on any atom is -0.496 e. The summed E-state index contributed by atoms with van der Waals surface area (Å²) < 4.78 is 4.96. The lowest BCUT2D eigenvalue weighted by molar-refractivity contribution is -0.384. The SMILES string of the molecule is CCCc1ccc(C2(C)NC(=O)N(CC(=O)Nc3ccc(OC)cc3[N+](=O)[O-])C2=O)cc1. The number of methoxy groups -OCH3 is 1. The zero-order valence-corrected chi connectivity index (χ0v) is 18.0. The largest absolute Gasteiger partial charge is 0.496 e. The number of nitro benzene ring substituents is 1. The Morgan fingerprint density at radius 1 is 1.22 bits per heavy atom. The van der Waals surface area contributed by atoms with Crippen molar-refractivity contribution >= 4 is 29.2 Å². The molecule has 168 valence electrons. The van der Waals surface area contributed by atoms with E-state index in [0.717, 1.165) is 23.3 Å². The molecule has 0 aromatic heterocycles. The van der Waals surface area contributed by atoms with Crippen molar-refractivity contribution in [3.8, 4) is 5.75 Å². The summed E-state index contributed by atoms with van der Waals surface area (Å²) in [7, 11) is 1.36. The number of anilines is 1. The maximum Gasteiger partial charge on any atom is 0.325 e. The number of nitrogens with one attached hydrogen (secondary N) is 2. The van der Waals surface area contributed by atoms with Gasteiger partial charge in [-0.15, -0.1) is 0 Å². The predicted molar refractivity (Wildman–Crippen MR) is 116 cm³/mol. The number of aryl methyl sites for hydroxylation is 1. The molecule has 1 heterocycles. The number of urea groups is 1. The topological polar surface area (TPSA) is 131 Å². The van der Waals surface area contributed by atoms with Gasteiger partial charge in [0.05, 0.1) is 18.1 Å². The third-order valence-electron chi connectivity index (χ3n) is 5.32. The van der Waals surface area contributed by atoms with Crippen LogP contribution in [0.25, 0.3) is 0 Å². The van der Waals surface area contributed by atoms with Gasteiger partial charge in [0.15, 0.2) is 0 Å². The number of benzene rings is 2. The molecule has 0 aliphatic carbocycles. The highest BCUT2D eigenvalue weighted by molar-refractivity contribution is 6.10. The van der Waals surface area contributed by atoms with Crippen LogP contribution in [0.3, 0.4) is 0 Å². The molecule has 0 spiro atoms. The van der Waals surface area contributed by atoms with E-state index in [1.807, 2.05) is 12.1 Å². The molecule has 2 N–H and O–H groups in total. The molecular weight excluding hydrogens is 416 g/mol. The molecular formula is C22H24N4O6. The third kappa shape index (κ3) is 4.39. The zero-order valence-electron chi connectivity index (χ0n) is 18.0. The molecule has 2 aromatic carbocycles. The zero-order chi connectivity index (χ0) is 23.5. The smallest absolute Gasteiger partial charge is 0.325 e. The Morgan fingerprint density at radius 2 is 1.91 bits per heavy atom. The summed E-state index contributed by atoms with van der Waals surface area (Å²) in [4.78, 5) is 49.5. The van der Waals surface area contributed by atoms with Gasteiger partial charge in [-0.2, -0.15) is 0 Å². The Kier molecular flexibility index (Phi) is 6.42. The van der Waals surface area contributed by atoms with E-state index in [9.17, 15) is 24.5 Å². The van der Waals surface area contributed by atoms with Gasteiger partial charge in [0.2, 0.25) is 5.91 Å². The number of ether oxygens (including phenoxy) is 1. The average Bonchev–Trinajstić information content (AvgIpc) is 2.98. The van der Waals surface area contributed by atoms with Gasteiger partial charge in [0.25, 0.3) is 11.6 Å². The molecule has 3 rings (SSSR count). The molecule has 0 saturated carbocycles. The normalized spacial score (nSPS) is 17.8. The fourth-order valence-corrected chi connectivity index (χ4v) is 3.56. The molecule has 0 radical (unpaired) electrons. The van der Waals surface area contributed by atoms with E-state index >= 15 is 0 Å². The molecule has 1 aliphatic rings. The van der Waals surface area contributed by atoms with Crippen LogP contribution in [0.4, 0.5) is 16.2 Å². The minimum atomic E-state index is -1.31. The minimum absolute atomic E-state index is 0.0675. The Balaban J connectivity index is 1.75. The van der Waals surface area contributed by atoms with Crippen LogP contribution in [0.2, 0.25) is 0 Å². The maximum atomic E-state index is 13.0. The lowest BCUT2D eigenvalue weighted by Crippen LogP contribution is -2.42. The highest BCUT2D eigenvalue weighted by atomic mass is 16.6. The van der Waals surface area contributed by atoms with Crippen molar-refractivity contribution in [2.45, 2.75) is 32.2 Å². The predicted octanol–water partition coefficient (Wildman–Crippen LogP) is 2.96. The summed E-state index contributed by atoms with van der Waals surface area (Å²) in [6, 6.07) is 10.6. The Morgan fingerprint density at radius 3 is 2.50 bits per heavy atom. The first-order valence-electron chi connectivity index (χ1n) is 10.1. The fraction of sp³-hybridized carbons (Fsp3) is 0.318. The van der Waals surface area contributed by atoms with Gasteiger partial charge in [-0.1, -0.05) is 37.6 Å². The monoisotopic (exact) mass is 440 g/mol. The van der Waals surface area contributed by atoms with Gasteiger partial charge in [0, 0.05) is 0 Å². The summed E-state index contributed by atoms with van der Waals surface area (Å²) in [6.07, 6.45) is 1.89. The molecule has 4 amide bonds. The lowest BCUT2D eigenvalue weighted by Gasteiger charge is -2.22. The van der Waals surface area contributed by atoms with Gasteiger partial charge in [-0.3, -0.25) is 24.6 Å². The number of carbonyl (C=O) groups excluding carboxylic acids is 3. The Hall–Kier alpha value is -3.95. The number of imide groups is 1. The van der Waals surface area contributed by atoms with Crippen molar-refractivity contribution < 1.29 is 24.0 Å². The van der Waals surface area contributed by atoms with Crippen molar-refractivity contribution in [1.29, 1.82) is 0 Å². The van der Waals surface area contributed by atoms with Crippen LogP contribution in [-0.4, -0.2) is 41.3 Å². The molecule has 2 aromatic rings. The van der Waals surface area contributed by atoms with Crippen LogP contribution in [0.5, 0.6) is 5.75 Å². The number of carbonyl (C=O) groups is 3. The van der Waals surface area contributed by atoms with Crippen LogP contribution >= 0.6 is 0 Å². The highest BCUT2D eigenvalue weighted by Crippen LogP contribution is 2.31. The summed E-state index contributed by atoms with van der Waals surface area (Å²) in [5.41, 5.74) is -0.0267. The average molecular weight is 440 g/mol. The standard InChI is InChI=1S/C22H24N4O6/c1-4-5-14-6-8-15(9-7-14)22(2)20(28)25(21(29)24-22)13-19(27)23-17-11-10-16(32-3)12-18(17)26(30)31/h6-12H,4-5,13H2,1-3H3,(H,23,27)(H,24,29). The highest BCUT2D eigenvalue weighted by Gasteiger charge is 2.49. The van der Waals surface area contributed by atoms with E-state index in [4.69, 9.17) is 4.74 Å². The molecule has 0 bridgehead atoms. The molecule has 10 heteroatoms. The summed E-state index contributed by atoms with van der Waals surface area (Å²) in [6.45, 7) is 3.06. The molecule has 32 heavy (non-hydrogen) atoms. The van der Waals surface area contributed by atoms with Crippen LogP contribution < -0.4 is 15.4 Å². The Bertz CT molecular complexity index is 1070. The molecule has 1 atom stereocenters. The molecule has 10 nitrogen and oxygen atoms in total. The molecule has 1 fully saturated rings. The summed E-state index contributed by atoms with van der Waals surface area (Å²) >= 11 is 0. The second-order valence-electron chi connectivity index (χ2n) is 7.58. The number of rotatable bonds is 8. The van der Waals surface area contributed by atoms with E-state index in [2.05, 4.69) is 17.6 Å². The van der Waals surface area contributed by atoms with Crippen molar-refractivity contribution in [2.75, 3.05) is 19.0 Å². The van der Waals surface area contributed by atoms with E-state index in [1.54, 1.807) is 19.1 Å². The molecule has 1 aliphatic heterocycles. The van der Waals surface area contributed by atoms with E-state index in [0.29, 0.717) is 5.56 Å². The number of nitrogens with zero attached hydrogens (tertiary/aromatic N) is 2. The van der Waals surface area contributed by atoms with Crippen LogP contribution in [0.1, 0.15) is 31.4 Å². The van der Waals surface area contributed by atoms with Crippen molar-refractivity contribution in [3.63, 3.8) is 0 Å². The first-order valence-corrected chi connectivity index (χ1v) is 10.1. The quantitative estimate of drug-likeness (QED) is 0.369. The van der Waals surface area contributed by atoms with Crippen molar-refractivity contribution in [3.05, 3.63) is 63.7 Å². The molecule has 1 saturated heterocycles. The first-order chi connectivity index (χ1) is 15.2. The van der Waals surface area contributed by atoms with E-state index in [1.165, 1.54) is 25.3 Å². The number of hydrogen-bond acceptors (Lipinski definition) is 6. The van der Waals surface area contributed by atoms with Crippen molar-refractivity contribution in [1.82, 2.24) is 10.2 Å². The number of hydrogen-bond donors (Lipinski definition) is 2. The molecule has 1 unspecified atom stereocenters. The van der Waals surface area contributed by atoms with Gasteiger partial charge in [0.1, 0.15) is 23.5 Å². The second-order valence-corrected chi connectivity index (χ2v) is 7.58. The van der Waals surface area contributed by atoms with Gasteiger partial charge < -0.3 is 15.4 Å². The van der Waals surface area contributed by atoms with Crippen LogP contribution in [0.15, 0.2) is 42.5 Å². The van der Waals surface area contributed by atoms with Crippen molar-refractivity contribution in [2.24, 2.45) is 0 Å².